The van der Waals surface area contributed by atoms with Gasteiger partial charge in [-0.05, 0) is 44.9 Å². The molecule has 0 amide bonds. The summed E-state index contributed by atoms with van der Waals surface area (Å²) in [6.07, 6.45) is 0. The van der Waals surface area contributed by atoms with E-state index in [-0.39, 0.29) is 11.3 Å². The van der Waals surface area contributed by atoms with Crippen molar-refractivity contribution >= 4 is 42.4 Å². The molecule has 8 nitrogen and oxygen atoms in total. The van der Waals surface area contributed by atoms with E-state index in [4.69, 9.17) is 0 Å². The second-order valence-corrected chi connectivity index (χ2v) is 9.65. The van der Waals surface area contributed by atoms with Crippen LogP contribution >= 0.6 is 0 Å². The van der Waals surface area contributed by atoms with Crippen molar-refractivity contribution in [3.8, 4) is 0 Å². The molecule has 1 aliphatic rings. The number of benzene rings is 1. The molecule has 26 heavy (non-hydrogen) atoms. The van der Waals surface area contributed by atoms with E-state index in [0.717, 1.165) is 17.9 Å². The Morgan fingerprint density at radius 3 is 2.23 bits per heavy atom. The van der Waals surface area contributed by atoms with Gasteiger partial charge in [-0.15, -0.1) is 0 Å². The van der Waals surface area contributed by atoms with Crippen LogP contribution in [0, 0.1) is 13.8 Å². The van der Waals surface area contributed by atoms with Crippen molar-refractivity contribution in [3.05, 3.63) is 39.9 Å². The highest BCUT2D eigenvalue weighted by atomic mass is 32.2. The van der Waals surface area contributed by atoms with E-state index in [1.165, 1.54) is 6.92 Å². The summed E-state index contributed by atoms with van der Waals surface area (Å²) < 4.78 is 67.3. The second kappa shape index (κ2) is 5.49. The highest BCUT2D eigenvalue weighted by molar-refractivity contribution is 7.93. The minimum atomic E-state index is -4.96. The summed E-state index contributed by atoms with van der Waals surface area (Å²) in [6, 6.07) is 5.24. The number of hydrogen-bond acceptors (Lipinski definition) is 6. The molecule has 0 bridgehead atoms. The molecule has 10 heteroatoms. The topological polar surface area (TPSA) is 134 Å². The van der Waals surface area contributed by atoms with Crippen LogP contribution in [0.3, 0.4) is 0 Å². The first kappa shape index (κ1) is 18.8. The number of fused-ring (bicyclic) bond motifs is 3. The van der Waals surface area contributed by atoms with E-state index in [2.05, 4.69) is 10.3 Å². The lowest BCUT2D eigenvalue weighted by Gasteiger charge is -2.36. The zero-order valence-corrected chi connectivity index (χ0v) is 16.2. The third kappa shape index (κ3) is 2.60. The number of nitrogens with one attached hydrogen (secondary N) is 1. The molecule has 2 aromatic rings. The standard InChI is InChI=1S/C16H18N2O6S2/c1-8-7-9(2)17-13-11(8)5-6-12-10(3)15(25(19,20)21)16(4,18-14(12)13)26(22,23)24/h5-7,18H,1-4H3,(H,19,20,21)(H,22,23,24). The molecule has 0 fully saturated rings. The van der Waals surface area contributed by atoms with Gasteiger partial charge in [0.2, 0.25) is 4.87 Å². The second-order valence-electron chi connectivity index (χ2n) is 6.53. The average molecular weight is 398 g/mol. The molecule has 0 spiro atoms. The third-order valence-corrected chi connectivity index (χ3v) is 7.33. The summed E-state index contributed by atoms with van der Waals surface area (Å²) >= 11 is 0. The first-order chi connectivity index (χ1) is 11.8. The van der Waals surface area contributed by atoms with Crippen molar-refractivity contribution in [2.75, 3.05) is 5.32 Å². The van der Waals surface area contributed by atoms with E-state index in [1.54, 1.807) is 19.1 Å². The first-order valence-electron chi connectivity index (χ1n) is 7.63. The molecule has 0 aliphatic carbocycles. The fraction of sp³-hybridized carbons (Fsp3) is 0.312. The Labute approximate surface area is 151 Å². The van der Waals surface area contributed by atoms with Crippen molar-refractivity contribution in [1.82, 2.24) is 4.98 Å². The molecule has 1 atom stereocenters. The largest absolute Gasteiger partial charge is 0.358 e. The lowest BCUT2D eigenvalue weighted by molar-refractivity contribution is 0.451. The molecular formula is C16H18N2O6S2. The lowest BCUT2D eigenvalue weighted by atomic mass is 9.94. The van der Waals surface area contributed by atoms with Gasteiger partial charge in [0.15, 0.2) is 0 Å². The molecule has 1 unspecified atom stereocenters. The maximum absolute atomic E-state index is 12.1. The monoisotopic (exact) mass is 398 g/mol. The van der Waals surface area contributed by atoms with Crippen LogP contribution in [-0.4, -0.2) is 35.8 Å². The number of aromatic nitrogens is 1. The molecular weight excluding hydrogens is 380 g/mol. The fourth-order valence-electron chi connectivity index (χ4n) is 3.46. The van der Waals surface area contributed by atoms with Gasteiger partial charge >= 0.3 is 0 Å². The van der Waals surface area contributed by atoms with Crippen LogP contribution in [-0.2, 0) is 20.2 Å². The zero-order valence-electron chi connectivity index (χ0n) is 14.5. The van der Waals surface area contributed by atoms with Crippen LogP contribution in [0.25, 0.3) is 16.5 Å². The number of anilines is 1. The van der Waals surface area contributed by atoms with Crippen molar-refractivity contribution < 1.29 is 25.9 Å². The van der Waals surface area contributed by atoms with Crippen LogP contribution in [0.1, 0.15) is 30.7 Å². The predicted molar refractivity (Wildman–Crippen MR) is 98.9 cm³/mol. The van der Waals surface area contributed by atoms with Crippen LogP contribution in [0.4, 0.5) is 5.69 Å². The summed E-state index contributed by atoms with van der Waals surface area (Å²) in [5.74, 6) is 0. The van der Waals surface area contributed by atoms with E-state index in [9.17, 15) is 25.9 Å². The van der Waals surface area contributed by atoms with Crippen molar-refractivity contribution in [1.29, 1.82) is 0 Å². The molecule has 3 rings (SSSR count). The Bertz CT molecular complexity index is 1200. The molecule has 140 valence electrons. The summed E-state index contributed by atoms with van der Waals surface area (Å²) in [4.78, 5) is 1.18. The van der Waals surface area contributed by atoms with Crippen molar-refractivity contribution in [3.63, 3.8) is 0 Å². The molecule has 1 aromatic carbocycles. The predicted octanol–water partition coefficient (Wildman–Crippen LogP) is 2.50. The molecule has 1 aliphatic heterocycles. The van der Waals surface area contributed by atoms with Crippen molar-refractivity contribution in [2.45, 2.75) is 32.6 Å². The van der Waals surface area contributed by atoms with Crippen LogP contribution < -0.4 is 5.32 Å². The number of rotatable bonds is 2. The van der Waals surface area contributed by atoms with E-state index in [0.29, 0.717) is 16.8 Å². The highest BCUT2D eigenvalue weighted by Gasteiger charge is 2.51. The molecule has 1 aromatic heterocycles. The number of allylic oxidation sites excluding steroid dienone is 1. The van der Waals surface area contributed by atoms with E-state index >= 15 is 0 Å². The van der Waals surface area contributed by atoms with Gasteiger partial charge in [0.1, 0.15) is 4.91 Å². The Morgan fingerprint density at radius 2 is 1.69 bits per heavy atom. The summed E-state index contributed by atoms with van der Waals surface area (Å²) in [6.45, 7) is 6.02. The molecule has 2 heterocycles. The van der Waals surface area contributed by atoms with Gasteiger partial charge in [0.25, 0.3) is 20.2 Å². The maximum Gasteiger partial charge on any atom is 0.294 e. The minimum Gasteiger partial charge on any atom is -0.358 e. The van der Waals surface area contributed by atoms with Gasteiger partial charge in [-0.1, -0.05) is 12.1 Å². The number of nitrogens with zero attached hydrogens (tertiary/aromatic N) is 1. The van der Waals surface area contributed by atoms with E-state index < -0.39 is 30.0 Å². The quantitative estimate of drug-likeness (QED) is 0.657. The van der Waals surface area contributed by atoms with Gasteiger partial charge in [-0.25, -0.2) is 0 Å². The smallest absolute Gasteiger partial charge is 0.294 e. The average Bonchev–Trinajstić information content (AvgIpc) is 2.44. The normalized spacial score (nSPS) is 20.8. The maximum atomic E-state index is 12.1. The highest BCUT2D eigenvalue weighted by Crippen LogP contribution is 2.45. The van der Waals surface area contributed by atoms with Gasteiger partial charge in [0.05, 0.1) is 11.2 Å². The summed E-state index contributed by atoms with van der Waals surface area (Å²) in [7, 11) is -9.88. The van der Waals surface area contributed by atoms with Gasteiger partial charge in [-0.2, -0.15) is 16.8 Å². The third-order valence-electron chi connectivity index (χ3n) is 4.63. The minimum absolute atomic E-state index is 0.0178. The Balaban J connectivity index is 2.53. The lowest BCUT2D eigenvalue weighted by Crippen LogP contribution is -2.49. The van der Waals surface area contributed by atoms with Gasteiger partial charge < -0.3 is 5.32 Å². The first-order valence-corrected chi connectivity index (χ1v) is 10.5. The van der Waals surface area contributed by atoms with Crippen LogP contribution in [0.15, 0.2) is 23.1 Å². The molecule has 0 saturated carbocycles. The van der Waals surface area contributed by atoms with Crippen molar-refractivity contribution in [2.24, 2.45) is 0 Å². The SMILES string of the molecule is CC1=C(S(=O)(=O)O)C(C)(S(=O)(=O)O)Nc2c1ccc1c(C)cc(C)nc21. The number of pyridine rings is 1. The van der Waals surface area contributed by atoms with Gasteiger partial charge in [0, 0.05) is 16.6 Å². The van der Waals surface area contributed by atoms with Crippen LogP contribution in [0.5, 0.6) is 0 Å². The Morgan fingerprint density at radius 1 is 1.08 bits per heavy atom. The fourth-order valence-corrected chi connectivity index (χ4v) is 5.75. The zero-order chi connectivity index (χ0) is 19.7. The summed E-state index contributed by atoms with van der Waals surface area (Å²) in [5, 5.41) is 3.35. The van der Waals surface area contributed by atoms with Gasteiger partial charge in [-0.3, -0.25) is 14.1 Å². The Kier molecular flexibility index (Phi) is 3.97. The van der Waals surface area contributed by atoms with Crippen LogP contribution in [0.2, 0.25) is 0 Å². The number of hydrogen-bond donors (Lipinski definition) is 3. The molecule has 0 saturated heterocycles. The molecule has 3 N–H and O–H groups in total. The molecule has 0 radical (unpaired) electrons. The van der Waals surface area contributed by atoms with E-state index in [1.807, 2.05) is 13.0 Å². The Hall–Kier alpha value is -2.01. The summed E-state index contributed by atoms with van der Waals surface area (Å²) in [5.41, 5.74) is 2.73. The number of aryl methyl sites for hydroxylation is 2.